The third-order valence-electron chi connectivity index (χ3n) is 4.16. The summed E-state index contributed by atoms with van der Waals surface area (Å²) in [5.41, 5.74) is 2.75. The van der Waals surface area contributed by atoms with Crippen molar-refractivity contribution in [1.29, 1.82) is 0 Å². The fraction of sp³-hybridized carbons (Fsp3) is 0.353. The molecule has 1 atom stereocenters. The van der Waals surface area contributed by atoms with Crippen LogP contribution >= 0.6 is 11.6 Å². The number of hydrogen-bond acceptors (Lipinski definition) is 4. The molecule has 1 unspecified atom stereocenters. The predicted molar refractivity (Wildman–Crippen MR) is 86.3 cm³/mol. The smallest absolute Gasteiger partial charge is 0.223 e. The highest BCUT2D eigenvalue weighted by Crippen LogP contribution is 2.39. The topological polar surface area (TPSA) is 64.1 Å². The standard InChI is InChI=1S/C17H16ClN3O2/c18-14-7-11(15-9-19-3-4-20-15)5-12-6-13(23-16(12)14)8-21-17(22)10-1-2-10/h3-5,7,9-10,13H,1-2,6,8H2,(H,21,22). The van der Waals surface area contributed by atoms with Crippen LogP contribution in [0, 0.1) is 5.92 Å². The summed E-state index contributed by atoms with van der Waals surface area (Å²) in [5, 5.41) is 3.53. The van der Waals surface area contributed by atoms with Gasteiger partial charge >= 0.3 is 0 Å². The number of fused-ring (bicyclic) bond motifs is 1. The van der Waals surface area contributed by atoms with Crippen LogP contribution < -0.4 is 10.1 Å². The normalized spacial score (nSPS) is 19.1. The van der Waals surface area contributed by atoms with E-state index in [4.69, 9.17) is 16.3 Å². The molecule has 2 heterocycles. The van der Waals surface area contributed by atoms with E-state index in [1.807, 2.05) is 12.1 Å². The first-order chi connectivity index (χ1) is 11.2. The van der Waals surface area contributed by atoms with Crippen molar-refractivity contribution in [2.24, 2.45) is 5.92 Å². The van der Waals surface area contributed by atoms with Gasteiger partial charge in [0, 0.05) is 35.9 Å². The van der Waals surface area contributed by atoms with E-state index in [0.717, 1.165) is 36.1 Å². The number of hydrogen-bond donors (Lipinski definition) is 1. The molecule has 5 nitrogen and oxygen atoms in total. The van der Waals surface area contributed by atoms with Crippen LogP contribution in [0.4, 0.5) is 0 Å². The number of amides is 1. The maximum absolute atomic E-state index is 11.7. The Morgan fingerprint density at radius 3 is 2.96 bits per heavy atom. The number of aromatic nitrogens is 2. The fourth-order valence-electron chi connectivity index (χ4n) is 2.80. The zero-order valence-corrected chi connectivity index (χ0v) is 13.2. The van der Waals surface area contributed by atoms with E-state index in [0.29, 0.717) is 17.3 Å². The zero-order valence-electron chi connectivity index (χ0n) is 12.5. The number of benzene rings is 1. The van der Waals surface area contributed by atoms with Crippen LogP contribution in [0.5, 0.6) is 5.75 Å². The van der Waals surface area contributed by atoms with Gasteiger partial charge in [0.25, 0.3) is 0 Å². The molecule has 0 saturated heterocycles. The van der Waals surface area contributed by atoms with Crippen molar-refractivity contribution in [3.63, 3.8) is 0 Å². The third kappa shape index (κ3) is 3.01. The molecule has 1 aliphatic carbocycles. The van der Waals surface area contributed by atoms with Gasteiger partial charge in [0.1, 0.15) is 11.9 Å². The molecule has 6 heteroatoms. The van der Waals surface area contributed by atoms with E-state index >= 15 is 0 Å². The SMILES string of the molecule is O=C(NCC1Cc2cc(-c3cnccn3)cc(Cl)c2O1)C1CC1. The molecule has 1 aromatic heterocycles. The maximum atomic E-state index is 11.7. The number of carbonyl (C=O) groups excluding carboxylic acids is 1. The Kier molecular flexibility index (Phi) is 3.65. The summed E-state index contributed by atoms with van der Waals surface area (Å²) in [6.07, 6.45) is 7.68. The lowest BCUT2D eigenvalue weighted by Crippen LogP contribution is -2.35. The molecule has 23 heavy (non-hydrogen) atoms. The molecular weight excluding hydrogens is 314 g/mol. The van der Waals surface area contributed by atoms with Gasteiger partial charge < -0.3 is 10.1 Å². The van der Waals surface area contributed by atoms with Gasteiger partial charge in [-0.05, 0) is 25.0 Å². The highest BCUT2D eigenvalue weighted by Gasteiger charge is 2.31. The van der Waals surface area contributed by atoms with E-state index in [9.17, 15) is 4.79 Å². The third-order valence-corrected chi connectivity index (χ3v) is 4.44. The van der Waals surface area contributed by atoms with Crippen molar-refractivity contribution < 1.29 is 9.53 Å². The summed E-state index contributed by atoms with van der Waals surface area (Å²) in [7, 11) is 0. The van der Waals surface area contributed by atoms with Crippen LogP contribution in [0.25, 0.3) is 11.3 Å². The highest BCUT2D eigenvalue weighted by molar-refractivity contribution is 6.32. The summed E-state index contributed by atoms with van der Waals surface area (Å²) in [6, 6.07) is 3.88. The number of nitrogens with one attached hydrogen (secondary N) is 1. The molecule has 0 bridgehead atoms. The minimum atomic E-state index is -0.0673. The maximum Gasteiger partial charge on any atom is 0.223 e. The Balaban J connectivity index is 1.49. The fourth-order valence-corrected chi connectivity index (χ4v) is 3.09. The van der Waals surface area contributed by atoms with Gasteiger partial charge in [-0.15, -0.1) is 0 Å². The van der Waals surface area contributed by atoms with E-state index in [1.54, 1.807) is 18.6 Å². The molecule has 1 saturated carbocycles. The van der Waals surface area contributed by atoms with Crippen LogP contribution in [0.1, 0.15) is 18.4 Å². The first-order valence-electron chi connectivity index (χ1n) is 7.74. The lowest BCUT2D eigenvalue weighted by molar-refractivity contribution is -0.122. The quantitative estimate of drug-likeness (QED) is 0.936. The molecular formula is C17H16ClN3O2. The number of ether oxygens (including phenoxy) is 1. The summed E-state index contributed by atoms with van der Waals surface area (Å²) >= 11 is 6.35. The lowest BCUT2D eigenvalue weighted by Gasteiger charge is -2.12. The van der Waals surface area contributed by atoms with Crippen molar-refractivity contribution in [3.05, 3.63) is 41.3 Å². The van der Waals surface area contributed by atoms with Gasteiger partial charge in [-0.2, -0.15) is 0 Å². The Bertz CT molecular complexity index is 747. The second-order valence-electron chi connectivity index (χ2n) is 6.00. The number of rotatable bonds is 4. The number of carbonyl (C=O) groups is 1. The Hall–Kier alpha value is -2.14. The van der Waals surface area contributed by atoms with Gasteiger partial charge in [0.15, 0.2) is 0 Å². The molecule has 2 aromatic rings. The molecule has 118 valence electrons. The molecule has 2 aliphatic rings. The first kappa shape index (κ1) is 14.5. The average molecular weight is 330 g/mol. The number of halogens is 1. The summed E-state index contributed by atoms with van der Waals surface area (Å²) < 4.78 is 5.90. The van der Waals surface area contributed by atoms with Gasteiger partial charge in [-0.3, -0.25) is 14.8 Å². The largest absolute Gasteiger partial charge is 0.486 e. The average Bonchev–Trinajstić information content (AvgIpc) is 3.33. The van der Waals surface area contributed by atoms with Crippen LogP contribution in [-0.4, -0.2) is 28.5 Å². The minimum Gasteiger partial charge on any atom is -0.486 e. The molecule has 0 radical (unpaired) electrons. The van der Waals surface area contributed by atoms with Crippen molar-refractivity contribution in [2.45, 2.75) is 25.4 Å². The van der Waals surface area contributed by atoms with Gasteiger partial charge in [-0.25, -0.2) is 0 Å². The molecule has 1 N–H and O–H groups in total. The van der Waals surface area contributed by atoms with Gasteiger partial charge in [-0.1, -0.05) is 11.6 Å². The highest BCUT2D eigenvalue weighted by atomic mass is 35.5. The van der Waals surface area contributed by atoms with Gasteiger partial charge in [0.2, 0.25) is 5.91 Å². The Morgan fingerprint density at radius 2 is 2.22 bits per heavy atom. The molecule has 1 amide bonds. The van der Waals surface area contributed by atoms with Gasteiger partial charge in [0.05, 0.1) is 23.5 Å². The summed E-state index contributed by atoms with van der Waals surface area (Å²) in [5.74, 6) is 1.06. The zero-order chi connectivity index (χ0) is 15.8. The second-order valence-corrected chi connectivity index (χ2v) is 6.41. The van der Waals surface area contributed by atoms with Crippen LogP contribution in [0.3, 0.4) is 0 Å². The molecule has 0 spiro atoms. The van der Waals surface area contributed by atoms with Crippen molar-refractivity contribution in [1.82, 2.24) is 15.3 Å². The number of nitrogens with zero attached hydrogens (tertiary/aromatic N) is 2. The Labute approximate surface area is 139 Å². The predicted octanol–water partition coefficient (Wildman–Crippen LogP) is 2.63. The van der Waals surface area contributed by atoms with E-state index in [1.165, 1.54) is 0 Å². The molecule has 1 fully saturated rings. The summed E-state index contributed by atoms with van der Waals surface area (Å²) in [4.78, 5) is 20.1. The van der Waals surface area contributed by atoms with E-state index in [-0.39, 0.29) is 17.9 Å². The molecule has 1 aromatic carbocycles. The summed E-state index contributed by atoms with van der Waals surface area (Å²) in [6.45, 7) is 0.515. The second kappa shape index (κ2) is 5.81. The Morgan fingerprint density at radius 1 is 1.35 bits per heavy atom. The van der Waals surface area contributed by atoms with E-state index < -0.39 is 0 Å². The van der Waals surface area contributed by atoms with Crippen molar-refractivity contribution in [2.75, 3.05) is 6.54 Å². The van der Waals surface area contributed by atoms with Crippen LogP contribution in [0.15, 0.2) is 30.7 Å². The van der Waals surface area contributed by atoms with E-state index in [2.05, 4.69) is 15.3 Å². The van der Waals surface area contributed by atoms with Crippen LogP contribution in [0.2, 0.25) is 5.02 Å². The monoisotopic (exact) mass is 329 g/mol. The van der Waals surface area contributed by atoms with Crippen LogP contribution in [-0.2, 0) is 11.2 Å². The first-order valence-corrected chi connectivity index (χ1v) is 8.11. The van der Waals surface area contributed by atoms with Crippen molar-refractivity contribution >= 4 is 17.5 Å². The van der Waals surface area contributed by atoms with Crippen molar-refractivity contribution in [3.8, 4) is 17.0 Å². The molecule has 1 aliphatic heterocycles. The lowest BCUT2D eigenvalue weighted by atomic mass is 10.0. The molecule has 4 rings (SSSR count). The minimum absolute atomic E-state index is 0.0673.